The summed E-state index contributed by atoms with van der Waals surface area (Å²) >= 11 is 1.52. The van der Waals surface area contributed by atoms with Crippen molar-refractivity contribution in [2.75, 3.05) is 11.4 Å². The van der Waals surface area contributed by atoms with Gasteiger partial charge in [0.25, 0.3) is 0 Å². The molecule has 150 valence electrons. The first-order chi connectivity index (χ1) is 13.3. The molecule has 1 aromatic heterocycles. The lowest BCUT2D eigenvalue weighted by molar-refractivity contribution is -0.117. The molecule has 2 aromatic rings. The van der Waals surface area contributed by atoms with Crippen molar-refractivity contribution in [3.8, 4) is 0 Å². The molecule has 1 N–H and O–H groups in total. The van der Waals surface area contributed by atoms with Crippen molar-refractivity contribution in [1.82, 2.24) is 9.71 Å². The Balaban J connectivity index is 1.65. The fourth-order valence-electron chi connectivity index (χ4n) is 4.25. The Labute approximate surface area is 170 Å². The van der Waals surface area contributed by atoms with E-state index in [1.165, 1.54) is 11.3 Å². The van der Waals surface area contributed by atoms with Crippen molar-refractivity contribution in [3.63, 3.8) is 0 Å². The van der Waals surface area contributed by atoms with Gasteiger partial charge in [-0.1, -0.05) is 12.8 Å². The molecular weight excluding hydrogens is 394 g/mol. The first kappa shape index (κ1) is 19.5. The van der Waals surface area contributed by atoms with Gasteiger partial charge < -0.3 is 4.90 Å². The predicted molar refractivity (Wildman–Crippen MR) is 110 cm³/mol. The third kappa shape index (κ3) is 3.49. The van der Waals surface area contributed by atoms with Crippen LogP contribution in [0.2, 0.25) is 0 Å². The van der Waals surface area contributed by atoms with Gasteiger partial charge in [0.2, 0.25) is 15.9 Å². The van der Waals surface area contributed by atoms with Crippen LogP contribution in [0.15, 0.2) is 28.5 Å². The van der Waals surface area contributed by atoms with E-state index in [-0.39, 0.29) is 10.8 Å². The van der Waals surface area contributed by atoms with Crippen LogP contribution in [0.25, 0.3) is 0 Å². The molecule has 6 nitrogen and oxygen atoms in total. The van der Waals surface area contributed by atoms with Gasteiger partial charge in [0.1, 0.15) is 5.01 Å². The van der Waals surface area contributed by atoms with Gasteiger partial charge in [-0.15, -0.1) is 11.3 Å². The number of aromatic nitrogens is 1. The molecule has 1 saturated heterocycles. The topological polar surface area (TPSA) is 79.4 Å². The van der Waals surface area contributed by atoms with Crippen LogP contribution < -0.4 is 9.62 Å². The number of anilines is 1. The molecule has 1 aliphatic heterocycles. The maximum atomic E-state index is 13.3. The minimum atomic E-state index is -3.71. The number of thiazole rings is 1. The van der Waals surface area contributed by atoms with Gasteiger partial charge in [0.05, 0.1) is 10.4 Å². The zero-order valence-corrected chi connectivity index (χ0v) is 17.8. The lowest BCUT2D eigenvalue weighted by atomic mass is 10.0. The summed E-state index contributed by atoms with van der Waals surface area (Å²) in [6, 6.07) is 5.15. The van der Waals surface area contributed by atoms with Crippen molar-refractivity contribution < 1.29 is 13.2 Å². The van der Waals surface area contributed by atoms with E-state index in [4.69, 9.17) is 0 Å². The molecule has 0 atom stereocenters. The largest absolute Gasteiger partial charge is 0.312 e. The molecular formula is C20H25N3O3S2. The van der Waals surface area contributed by atoms with Gasteiger partial charge in [-0.3, -0.25) is 4.79 Å². The summed E-state index contributed by atoms with van der Waals surface area (Å²) in [4.78, 5) is 18.6. The van der Waals surface area contributed by atoms with Gasteiger partial charge in [-0.05, 0) is 56.9 Å². The highest BCUT2D eigenvalue weighted by Gasteiger charge is 2.42. The lowest BCUT2D eigenvalue weighted by Crippen LogP contribution is -2.43. The Morgan fingerprint density at radius 1 is 1.18 bits per heavy atom. The number of sulfonamides is 1. The van der Waals surface area contributed by atoms with E-state index < -0.39 is 15.6 Å². The fourth-order valence-corrected chi connectivity index (χ4v) is 6.98. The van der Waals surface area contributed by atoms with Crippen molar-refractivity contribution >= 4 is 33.0 Å². The van der Waals surface area contributed by atoms with E-state index >= 15 is 0 Å². The quantitative estimate of drug-likeness (QED) is 0.803. The fraction of sp³-hybridized carbons (Fsp3) is 0.500. The highest BCUT2D eigenvalue weighted by Crippen LogP contribution is 2.41. The molecule has 0 unspecified atom stereocenters. The second-order valence-corrected chi connectivity index (χ2v) is 10.3. The molecule has 0 spiro atoms. The highest BCUT2D eigenvalue weighted by atomic mass is 32.2. The molecule has 1 saturated carbocycles. The number of hydrogen-bond donors (Lipinski definition) is 1. The third-order valence-electron chi connectivity index (χ3n) is 5.65. The highest BCUT2D eigenvalue weighted by molar-refractivity contribution is 7.89. The Kier molecular flexibility index (Phi) is 5.05. The summed E-state index contributed by atoms with van der Waals surface area (Å²) in [6.45, 7) is 4.41. The molecule has 1 aromatic carbocycles. The van der Waals surface area contributed by atoms with Gasteiger partial charge in [-0.2, -0.15) is 4.72 Å². The number of amides is 1. The van der Waals surface area contributed by atoms with Crippen LogP contribution in [0.5, 0.6) is 0 Å². The Morgan fingerprint density at radius 2 is 1.93 bits per heavy atom. The smallest absolute Gasteiger partial charge is 0.241 e. The zero-order chi connectivity index (χ0) is 19.9. The molecule has 28 heavy (non-hydrogen) atoms. The van der Waals surface area contributed by atoms with E-state index in [0.717, 1.165) is 48.5 Å². The maximum Gasteiger partial charge on any atom is 0.241 e. The van der Waals surface area contributed by atoms with Crippen molar-refractivity contribution in [3.05, 3.63) is 39.8 Å². The first-order valence-corrected chi connectivity index (χ1v) is 12.0. The molecule has 0 radical (unpaired) electrons. The second kappa shape index (κ2) is 7.24. The van der Waals surface area contributed by atoms with Crippen molar-refractivity contribution in [1.29, 1.82) is 0 Å². The number of nitrogens with zero attached hydrogens (tertiary/aromatic N) is 2. The Morgan fingerprint density at radius 3 is 2.50 bits per heavy atom. The van der Waals surface area contributed by atoms with Crippen molar-refractivity contribution in [2.45, 2.75) is 62.8 Å². The molecule has 1 amide bonds. The summed E-state index contributed by atoms with van der Waals surface area (Å²) < 4.78 is 29.5. The number of carbonyl (C=O) groups is 1. The average molecular weight is 420 g/mol. The minimum Gasteiger partial charge on any atom is -0.312 e. The van der Waals surface area contributed by atoms with Crippen LogP contribution in [0.4, 0.5) is 5.69 Å². The van der Waals surface area contributed by atoms with Crippen LogP contribution in [-0.4, -0.2) is 25.9 Å². The van der Waals surface area contributed by atoms with Crippen LogP contribution in [-0.2, 0) is 20.4 Å². The molecule has 2 fully saturated rings. The Bertz CT molecular complexity index is 1010. The van der Waals surface area contributed by atoms with Gasteiger partial charge in [-0.25, -0.2) is 13.4 Å². The summed E-state index contributed by atoms with van der Waals surface area (Å²) in [5, 5.41) is 2.82. The molecule has 0 bridgehead atoms. The number of benzene rings is 1. The summed E-state index contributed by atoms with van der Waals surface area (Å²) in [6.07, 6.45) is 4.88. The van der Waals surface area contributed by atoms with Crippen LogP contribution in [0.3, 0.4) is 0 Å². The predicted octanol–water partition coefficient (Wildman–Crippen LogP) is 3.63. The summed E-state index contributed by atoms with van der Waals surface area (Å²) in [7, 11) is -3.71. The number of nitrogens with one attached hydrogen (secondary N) is 1. The molecule has 8 heteroatoms. The monoisotopic (exact) mass is 419 g/mol. The lowest BCUT2D eigenvalue weighted by Gasteiger charge is -2.28. The number of rotatable bonds is 5. The SMILES string of the molecule is Cc1csc(C2(NS(=O)(=O)c3ccc(N4CCCC4=O)cc3C)CCCC2)n1. The van der Waals surface area contributed by atoms with Crippen LogP contribution in [0.1, 0.15) is 54.8 Å². The number of aryl methyl sites for hydroxylation is 2. The summed E-state index contributed by atoms with van der Waals surface area (Å²) in [5.41, 5.74) is 1.72. The normalized spacial score (nSPS) is 19.5. The van der Waals surface area contributed by atoms with Gasteiger partial charge >= 0.3 is 0 Å². The van der Waals surface area contributed by atoms with Crippen LogP contribution in [0, 0.1) is 13.8 Å². The van der Waals surface area contributed by atoms with Crippen LogP contribution >= 0.6 is 11.3 Å². The van der Waals surface area contributed by atoms with E-state index in [0.29, 0.717) is 18.5 Å². The van der Waals surface area contributed by atoms with Gasteiger partial charge in [0, 0.05) is 29.7 Å². The van der Waals surface area contributed by atoms with Gasteiger partial charge in [0.15, 0.2) is 0 Å². The van der Waals surface area contributed by atoms with E-state index in [9.17, 15) is 13.2 Å². The van der Waals surface area contributed by atoms with E-state index in [1.54, 1.807) is 30.0 Å². The zero-order valence-electron chi connectivity index (χ0n) is 16.2. The summed E-state index contributed by atoms with van der Waals surface area (Å²) in [5.74, 6) is 0.0946. The second-order valence-electron chi connectivity index (χ2n) is 7.79. The maximum absolute atomic E-state index is 13.3. The standard InChI is InChI=1S/C20H25N3O3S2/c1-14-12-16(23-11-5-6-18(23)24)7-8-17(14)28(25,26)22-20(9-3-4-10-20)19-21-15(2)13-27-19/h7-8,12-13,22H,3-6,9-11H2,1-2H3. The molecule has 4 rings (SSSR count). The number of carbonyl (C=O) groups excluding carboxylic acids is 1. The Hall–Kier alpha value is -1.77. The minimum absolute atomic E-state index is 0.0946. The van der Waals surface area contributed by atoms with E-state index in [2.05, 4.69) is 9.71 Å². The first-order valence-electron chi connectivity index (χ1n) is 9.68. The van der Waals surface area contributed by atoms with Crippen molar-refractivity contribution in [2.24, 2.45) is 0 Å². The van der Waals surface area contributed by atoms with E-state index in [1.807, 2.05) is 12.3 Å². The molecule has 2 aliphatic rings. The molecule has 1 aliphatic carbocycles. The average Bonchev–Trinajstić information content (AvgIpc) is 3.36. The third-order valence-corrected chi connectivity index (χ3v) is 8.51. The molecule has 2 heterocycles. The number of hydrogen-bond acceptors (Lipinski definition) is 5.